The minimum atomic E-state index is -3.43. The molecule has 0 aromatic heterocycles. The van der Waals surface area contributed by atoms with E-state index in [1.807, 2.05) is 0 Å². The number of likely N-dealkylation sites (tertiary alicyclic amines) is 1. The van der Waals surface area contributed by atoms with Crippen LogP contribution in [0.15, 0.2) is 0 Å². The Morgan fingerprint density at radius 2 is 2.00 bits per heavy atom. The van der Waals surface area contributed by atoms with Gasteiger partial charge < -0.3 is 10.6 Å². The number of rotatable bonds is 5. The first-order chi connectivity index (χ1) is 7.46. The highest BCUT2D eigenvalue weighted by Gasteiger charge is 2.25. The van der Waals surface area contributed by atoms with Crippen molar-refractivity contribution in [2.24, 2.45) is 5.73 Å². The Kier molecular flexibility index (Phi) is 4.69. The van der Waals surface area contributed by atoms with Gasteiger partial charge in [-0.25, -0.2) is 13.1 Å². The van der Waals surface area contributed by atoms with Crippen LogP contribution in [0.25, 0.3) is 0 Å². The molecule has 1 rings (SSSR count). The van der Waals surface area contributed by atoms with Crippen LogP contribution >= 0.6 is 0 Å². The SMILES string of the molecule is CC(NS(=O)(=O)CCN)C(=O)N1CCCC1. The Morgan fingerprint density at radius 1 is 1.44 bits per heavy atom. The molecule has 1 atom stereocenters. The minimum absolute atomic E-state index is 0.0555. The van der Waals surface area contributed by atoms with Crippen molar-refractivity contribution >= 4 is 15.9 Å². The first-order valence-electron chi connectivity index (χ1n) is 5.45. The maximum atomic E-state index is 11.8. The molecule has 0 radical (unpaired) electrons. The number of carbonyl (C=O) groups excluding carboxylic acids is 1. The van der Waals surface area contributed by atoms with E-state index in [-0.39, 0.29) is 18.2 Å². The van der Waals surface area contributed by atoms with Gasteiger partial charge in [0.25, 0.3) is 0 Å². The molecule has 0 bridgehead atoms. The summed E-state index contributed by atoms with van der Waals surface area (Å²) in [6.45, 7) is 3.07. The first-order valence-corrected chi connectivity index (χ1v) is 7.10. The second-order valence-electron chi connectivity index (χ2n) is 3.98. The summed E-state index contributed by atoms with van der Waals surface area (Å²) in [5.41, 5.74) is 5.17. The second-order valence-corrected chi connectivity index (χ2v) is 5.85. The van der Waals surface area contributed by atoms with Crippen molar-refractivity contribution in [1.29, 1.82) is 0 Å². The quantitative estimate of drug-likeness (QED) is 0.645. The second kappa shape index (κ2) is 5.60. The Labute approximate surface area is 96.2 Å². The Morgan fingerprint density at radius 3 is 2.50 bits per heavy atom. The van der Waals surface area contributed by atoms with Crippen LogP contribution in [0.4, 0.5) is 0 Å². The minimum Gasteiger partial charge on any atom is -0.341 e. The zero-order chi connectivity index (χ0) is 12.2. The van der Waals surface area contributed by atoms with Crippen molar-refractivity contribution in [3.05, 3.63) is 0 Å². The molecule has 6 nitrogen and oxygen atoms in total. The molecule has 7 heteroatoms. The fourth-order valence-corrected chi connectivity index (χ4v) is 2.81. The summed E-state index contributed by atoms with van der Waals surface area (Å²) in [5.74, 6) is -0.303. The predicted octanol–water partition coefficient (Wildman–Crippen LogP) is -1.12. The molecule has 0 aliphatic carbocycles. The van der Waals surface area contributed by atoms with Crippen molar-refractivity contribution < 1.29 is 13.2 Å². The van der Waals surface area contributed by atoms with Crippen molar-refractivity contribution in [2.45, 2.75) is 25.8 Å². The van der Waals surface area contributed by atoms with Gasteiger partial charge in [-0.05, 0) is 19.8 Å². The number of amides is 1. The van der Waals surface area contributed by atoms with Crippen molar-refractivity contribution in [3.63, 3.8) is 0 Å². The molecule has 0 saturated carbocycles. The summed E-state index contributed by atoms with van der Waals surface area (Å²) < 4.78 is 25.1. The lowest BCUT2D eigenvalue weighted by molar-refractivity contribution is -0.131. The Hall–Kier alpha value is -0.660. The molecule has 1 aliphatic heterocycles. The van der Waals surface area contributed by atoms with Gasteiger partial charge in [0, 0.05) is 19.6 Å². The fourth-order valence-electron chi connectivity index (χ4n) is 1.75. The number of nitrogens with one attached hydrogen (secondary N) is 1. The van der Waals surface area contributed by atoms with Crippen LogP contribution in [0.5, 0.6) is 0 Å². The van der Waals surface area contributed by atoms with E-state index in [2.05, 4.69) is 4.72 Å². The van der Waals surface area contributed by atoms with E-state index in [0.717, 1.165) is 25.9 Å². The van der Waals surface area contributed by atoms with E-state index >= 15 is 0 Å². The topological polar surface area (TPSA) is 92.5 Å². The standard InChI is InChI=1S/C9H19N3O3S/c1-8(11-16(14,15)7-4-10)9(13)12-5-2-3-6-12/h8,11H,2-7,10H2,1H3. The Bertz CT molecular complexity index is 336. The number of carbonyl (C=O) groups is 1. The predicted molar refractivity (Wildman–Crippen MR) is 61.3 cm³/mol. The molecule has 1 heterocycles. The molecule has 1 saturated heterocycles. The lowest BCUT2D eigenvalue weighted by Gasteiger charge is -2.20. The van der Waals surface area contributed by atoms with Gasteiger partial charge in [-0.15, -0.1) is 0 Å². The summed E-state index contributed by atoms with van der Waals surface area (Å²) in [6.07, 6.45) is 1.99. The largest absolute Gasteiger partial charge is 0.341 e. The fraction of sp³-hybridized carbons (Fsp3) is 0.889. The number of nitrogens with zero attached hydrogens (tertiary/aromatic N) is 1. The average molecular weight is 249 g/mol. The molecule has 1 fully saturated rings. The highest BCUT2D eigenvalue weighted by atomic mass is 32.2. The summed E-state index contributed by atoms with van der Waals surface area (Å²) in [4.78, 5) is 13.5. The number of hydrogen-bond donors (Lipinski definition) is 2. The zero-order valence-corrected chi connectivity index (χ0v) is 10.3. The smallest absolute Gasteiger partial charge is 0.240 e. The molecular formula is C9H19N3O3S. The van der Waals surface area contributed by atoms with Crippen LogP contribution < -0.4 is 10.5 Å². The van der Waals surface area contributed by atoms with Crippen LogP contribution in [-0.4, -0.2) is 50.7 Å². The molecule has 1 amide bonds. The van der Waals surface area contributed by atoms with Gasteiger partial charge in [-0.1, -0.05) is 0 Å². The van der Waals surface area contributed by atoms with Gasteiger partial charge in [0.2, 0.25) is 15.9 Å². The van der Waals surface area contributed by atoms with E-state index in [9.17, 15) is 13.2 Å². The summed E-state index contributed by atoms with van der Waals surface area (Å²) in [5, 5.41) is 0. The van der Waals surface area contributed by atoms with E-state index in [4.69, 9.17) is 5.73 Å². The molecule has 1 aliphatic rings. The lowest BCUT2D eigenvalue weighted by Crippen LogP contribution is -2.47. The maximum absolute atomic E-state index is 11.8. The monoisotopic (exact) mass is 249 g/mol. The molecule has 0 aromatic carbocycles. The van der Waals surface area contributed by atoms with Crippen LogP contribution in [0.2, 0.25) is 0 Å². The highest BCUT2D eigenvalue weighted by Crippen LogP contribution is 2.09. The van der Waals surface area contributed by atoms with Crippen LogP contribution in [0.3, 0.4) is 0 Å². The number of hydrogen-bond acceptors (Lipinski definition) is 4. The van der Waals surface area contributed by atoms with E-state index in [1.165, 1.54) is 0 Å². The zero-order valence-electron chi connectivity index (χ0n) is 9.48. The van der Waals surface area contributed by atoms with Crippen LogP contribution in [0.1, 0.15) is 19.8 Å². The van der Waals surface area contributed by atoms with Crippen molar-refractivity contribution in [2.75, 3.05) is 25.4 Å². The third-order valence-corrected chi connectivity index (χ3v) is 4.02. The van der Waals surface area contributed by atoms with Gasteiger partial charge >= 0.3 is 0 Å². The average Bonchev–Trinajstić information content (AvgIpc) is 2.68. The first kappa shape index (κ1) is 13.4. The molecule has 16 heavy (non-hydrogen) atoms. The van der Waals surface area contributed by atoms with Crippen molar-refractivity contribution in [1.82, 2.24) is 9.62 Å². The van der Waals surface area contributed by atoms with Crippen LogP contribution in [-0.2, 0) is 14.8 Å². The molecule has 1 unspecified atom stereocenters. The van der Waals surface area contributed by atoms with Crippen molar-refractivity contribution in [3.8, 4) is 0 Å². The third kappa shape index (κ3) is 3.73. The normalized spacial score (nSPS) is 18.8. The molecular weight excluding hydrogens is 230 g/mol. The van der Waals surface area contributed by atoms with E-state index < -0.39 is 16.1 Å². The Balaban J connectivity index is 2.51. The molecule has 94 valence electrons. The number of sulfonamides is 1. The van der Waals surface area contributed by atoms with Gasteiger partial charge in [-0.3, -0.25) is 4.79 Å². The summed E-state index contributed by atoms with van der Waals surface area (Å²) in [6, 6.07) is -0.699. The maximum Gasteiger partial charge on any atom is 0.240 e. The number of nitrogens with two attached hydrogens (primary N) is 1. The van der Waals surface area contributed by atoms with Gasteiger partial charge in [0.1, 0.15) is 0 Å². The van der Waals surface area contributed by atoms with Gasteiger partial charge in [0.05, 0.1) is 11.8 Å². The molecule has 3 N–H and O–H groups in total. The van der Waals surface area contributed by atoms with Crippen LogP contribution in [0, 0.1) is 0 Å². The van der Waals surface area contributed by atoms with Gasteiger partial charge in [-0.2, -0.15) is 0 Å². The highest BCUT2D eigenvalue weighted by molar-refractivity contribution is 7.89. The lowest BCUT2D eigenvalue weighted by atomic mass is 10.3. The summed E-state index contributed by atoms with van der Waals surface area (Å²) in [7, 11) is -3.43. The van der Waals surface area contributed by atoms with Gasteiger partial charge in [0.15, 0.2) is 0 Å². The van der Waals surface area contributed by atoms with E-state index in [1.54, 1.807) is 11.8 Å². The van der Waals surface area contributed by atoms with E-state index in [0.29, 0.717) is 0 Å². The molecule has 0 spiro atoms. The molecule has 0 aromatic rings. The third-order valence-electron chi connectivity index (χ3n) is 2.53. The summed E-state index contributed by atoms with van der Waals surface area (Å²) >= 11 is 0.